The van der Waals surface area contributed by atoms with Crippen LogP contribution in [-0.4, -0.2) is 25.5 Å². The monoisotopic (exact) mass is 254 g/mol. The second-order valence-corrected chi connectivity index (χ2v) is 6.35. The average molecular weight is 254 g/mol. The normalized spacial score (nSPS) is 24.9. The highest BCUT2D eigenvalue weighted by Gasteiger charge is 2.28. The van der Waals surface area contributed by atoms with E-state index in [-0.39, 0.29) is 11.3 Å². The van der Waals surface area contributed by atoms with Crippen LogP contribution in [0.15, 0.2) is 0 Å². The molecule has 0 atom stereocenters. The van der Waals surface area contributed by atoms with Crippen LogP contribution in [0.2, 0.25) is 0 Å². The molecule has 0 aliphatic heterocycles. The summed E-state index contributed by atoms with van der Waals surface area (Å²) in [4.78, 5) is 11.7. The van der Waals surface area contributed by atoms with Crippen molar-refractivity contribution in [3.8, 4) is 0 Å². The zero-order valence-corrected chi connectivity index (χ0v) is 12.5. The zero-order chi connectivity index (χ0) is 13.6. The van der Waals surface area contributed by atoms with E-state index in [1.54, 1.807) is 7.05 Å². The average Bonchev–Trinajstić information content (AvgIpc) is 2.37. The lowest BCUT2D eigenvalue weighted by Gasteiger charge is -2.32. The van der Waals surface area contributed by atoms with Crippen molar-refractivity contribution in [1.29, 1.82) is 0 Å². The summed E-state index contributed by atoms with van der Waals surface area (Å²) in [5.41, 5.74) is -0.310. The van der Waals surface area contributed by atoms with Gasteiger partial charge in [0.05, 0.1) is 5.41 Å². The highest BCUT2D eigenvalue weighted by Crippen LogP contribution is 2.28. The molecule has 1 rings (SSSR count). The Bertz CT molecular complexity index is 255. The van der Waals surface area contributed by atoms with Gasteiger partial charge in [-0.3, -0.25) is 4.79 Å². The molecule has 0 aromatic carbocycles. The van der Waals surface area contributed by atoms with Gasteiger partial charge in [0.2, 0.25) is 5.91 Å². The minimum Gasteiger partial charge on any atom is -0.359 e. The molecule has 0 saturated heterocycles. The van der Waals surface area contributed by atoms with E-state index in [2.05, 4.69) is 17.6 Å². The van der Waals surface area contributed by atoms with Gasteiger partial charge in [-0.25, -0.2) is 0 Å². The first-order chi connectivity index (χ1) is 8.49. The van der Waals surface area contributed by atoms with Crippen molar-refractivity contribution in [1.82, 2.24) is 10.6 Å². The smallest absolute Gasteiger partial charge is 0.226 e. The van der Waals surface area contributed by atoms with Crippen LogP contribution in [0, 0.1) is 11.3 Å². The molecule has 0 aromatic rings. The molecule has 1 amide bonds. The molecule has 0 radical (unpaired) electrons. The molecule has 1 aliphatic rings. The molecule has 106 valence electrons. The first kappa shape index (κ1) is 15.5. The number of amides is 1. The summed E-state index contributed by atoms with van der Waals surface area (Å²) in [6.45, 7) is 7.05. The molecule has 0 unspecified atom stereocenters. The topological polar surface area (TPSA) is 41.1 Å². The van der Waals surface area contributed by atoms with E-state index in [1.165, 1.54) is 38.5 Å². The summed E-state index contributed by atoms with van der Waals surface area (Å²) in [5, 5.41) is 6.32. The minimum absolute atomic E-state index is 0.120. The van der Waals surface area contributed by atoms with Gasteiger partial charge in [-0.2, -0.15) is 0 Å². The Morgan fingerprint density at radius 2 is 1.83 bits per heavy atom. The highest BCUT2D eigenvalue weighted by atomic mass is 16.2. The second kappa shape index (κ2) is 7.13. The summed E-state index contributed by atoms with van der Waals surface area (Å²) in [5.74, 6) is 1.06. The van der Waals surface area contributed by atoms with Gasteiger partial charge in [-0.15, -0.1) is 0 Å². The van der Waals surface area contributed by atoms with Crippen molar-refractivity contribution in [2.75, 3.05) is 13.6 Å². The molecule has 1 saturated carbocycles. The van der Waals surface area contributed by atoms with E-state index in [4.69, 9.17) is 0 Å². The molecule has 0 heterocycles. The maximum absolute atomic E-state index is 11.7. The number of hydrogen-bond acceptors (Lipinski definition) is 2. The molecule has 2 N–H and O–H groups in total. The number of carbonyl (C=O) groups excluding carboxylic acids is 1. The maximum Gasteiger partial charge on any atom is 0.226 e. The first-order valence-corrected chi connectivity index (χ1v) is 7.45. The van der Waals surface area contributed by atoms with Gasteiger partial charge < -0.3 is 10.6 Å². The number of rotatable bonds is 6. The number of nitrogens with one attached hydrogen (secondary N) is 2. The zero-order valence-electron chi connectivity index (χ0n) is 12.5. The molecule has 0 aromatic heterocycles. The Morgan fingerprint density at radius 3 is 2.33 bits per heavy atom. The first-order valence-electron chi connectivity index (χ1n) is 7.45. The fraction of sp³-hybridized carbons (Fsp3) is 0.933. The molecule has 0 bridgehead atoms. The number of hydrogen-bond donors (Lipinski definition) is 2. The lowest BCUT2D eigenvalue weighted by molar-refractivity contribution is -0.128. The molecule has 3 nitrogen and oxygen atoms in total. The summed E-state index contributed by atoms with van der Waals surface area (Å²) in [6, 6.07) is 0.613. The summed E-state index contributed by atoms with van der Waals surface area (Å²) >= 11 is 0. The lowest BCUT2D eigenvalue weighted by Crippen LogP contribution is -2.45. The summed E-state index contributed by atoms with van der Waals surface area (Å²) in [6.07, 6.45) is 7.95. The van der Waals surface area contributed by atoms with Gasteiger partial charge in [-0.05, 0) is 45.4 Å². The third kappa shape index (κ3) is 4.60. The van der Waals surface area contributed by atoms with Gasteiger partial charge in [0.25, 0.3) is 0 Å². The fourth-order valence-electron chi connectivity index (χ4n) is 2.88. The Balaban J connectivity index is 2.27. The van der Waals surface area contributed by atoms with Crippen LogP contribution in [0.5, 0.6) is 0 Å². The molecule has 1 fully saturated rings. The van der Waals surface area contributed by atoms with Crippen LogP contribution in [0.4, 0.5) is 0 Å². The fourth-order valence-corrected chi connectivity index (χ4v) is 2.88. The minimum atomic E-state index is -0.310. The van der Waals surface area contributed by atoms with Gasteiger partial charge in [-0.1, -0.05) is 19.8 Å². The van der Waals surface area contributed by atoms with Crippen LogP contribution < -0.4 is 10.6 Å². The molecule has 0 spiro atoms. The van der Waals surface area contributed by atoms with Crippen molar-refractivity contribution in [2.45, 2.75) is 65.3 Å². The van der Waals surface area contributed by atoms with Crippen LogP contribution in [-0.2, 0) is 4.79 Å². The largest absolute Gasteiger partial charge is 0.359 e. The quantitative estimate of drug-likeness (QED) is 0.765. The standard InChI is InChI=1S/C15H30N2O/c1-5-6-12-7-9-13(10-8-12)17-11-15(2,3)14(18)16-4/h12-13,17H,5-11H2,1-4H3,(H,16,18). The molecular formula is C15H30N2O. The van der Waals surface area contributed by atoms with Gasteiger partial charge >= 0.3 is 0 Å². The van der Waals surface area contributed by atoms with Crippen LogP contribution in [0.25, 0.3) is 0 Å². The lowest BCUT2D eigenvalue weighted by atomic mass is 9.83. The van der Waals surface area contributed by atoms with Crippen molar-refractivity contribution < 1.29 is 4.79 Å². The Kier molecular flexibility index (Phi) is 6.13. The molecule has 18 heavy (non-hydrogen) atoms. The molecule has 1 aliphatic carbocycles. The third-order valence-electron chi connectivity index (χ3n) is 4.22. The maximum atomic E-state index is 11.7. The second-order valence-electron chi connectivity index (χ2n) is 6.35. The highest BCUT2D eigenvalue weighted by molar-refractivity contribution is 5.81. The van der Waals surface area contributed by atoms with Gasteiger partial charge in [0.15, 0.2) is 0 Å². The third-order valence-corrected chi connectivity index (χ3v) is 4.22. The van der Waals surface area contributed by atoms with Crippen LogP contribution in [0.3, 0.4) is 0 Å². The summed E-state index contributed by atoms with van der Waals surface area (Å²) < 4.78 is 0. The van der Waals surface area contributed by atoms with Crippen molar-refractivity contribution >= 4 is 5.91 Å². The van der Waals surface area contributed by atoms with Crippen molar-refractivity contribution in [2.24, 2.45) is 11.3 Å². The van der Waals surface area contributed by atoms with E-state index in [9.17, 15) is 4.79 Å². The van der Waals surface area contributed by atoms with E-state index in [0.29, 0.717) is 6.04 Å². The van der Waals surface area contributed by atoms with E-state index >= 15 is 0 Å². The predicted molar refractivity (Wildman–Crippen MR) is 76.5 cm³/mol. The molecule has 3 heteroatoms. The molecular weight excluding hydrogens is 224 g/mol. The number of carbonyl (C=O) groups is 1. The van der Waals surface area contributed by atoms with Gasteiger partial charge in [0, 0.05) is 19.6 Å². The van der Waals surface area contributed by atoms with E-state index in [0.717, 1.165) is 12.5 Å². The van der Waals surface area contributed by atoms with E-state index < -0.39 is 0 Å². The Morgan fingerprint density at radius 1 is 1.22 bits per heavy atom. The van der Waals surface area contributed by atoms with Crippen LogP contribution >= 0.6 is 0 Å². The Labute approximate surface area is 112 Å². The predicted octanol–water partition coefficient (Wildman–Crippen LogP) is 2.71. The van der Waals surface area contributed by atoms with Gasteiger partial charge in [0.1, 0.15) is 0 Å². The SMILES string of the molecule is CCCC1CCC(NCC(C)(C)C(=O)NC)CC1. The van der Waals surface area contributed by atoms with E-state index in [1.807, 2.05) is 13.8 Å². The summed E-state index contributed by atoms with van der Waals surface area (Å²) in [7, 11) is 1.71. The van der Waals surface area contributed by atoms with Crippen molar-refractivity contribution in [3.05, 3.63) is 0 Å². The van der Waals surface area contributed by atoms with Crippen molar-refractivity contribution in [3.63, 3.8) is 0 Å². The Hall–Kier alpha value is -0.570. The van der Waals surface area contributed by atoms with Crippen LogP contribution in [0.1, 0.15) is 59.3 Å².